The Labute approximate surface area is 210 Å². The molecule has 0 spiro atoms. The van der Waals surface area contributed by atoms with Gasteiger partial charge in [0.25, 0.3) is 5.91 Å². The third-order valence-corrected chi connectivity index (χ3v) is 6.69. The number of unbranched alkanes of at least 4 members (excludes halogenated alkanes) is 2. The molecule has 4 aromatic rings. The highest BCUT2D eigenvalue weighted by Crippen LogP contribution is 2.40. The van der Waals surface area contributed by atoms with Crippen LogP contribution in [0.1, 0.15) is 70.6 Å². The van der Waals surface area contributed by atoms with E-state index in [1.807, 2.05) is 62.4 Å². The first-order valence-corrected chi connectivity index (χ1v) is 12.5. The van der Waals surface area contributed by atoms with E-state index in [-0.39, 0.29) is 17.1 Å². The zero-order chi connectivity index (χ0) is 25.2. The van der Waals surface area contributed by atoms with E-state index >= 15 is 0 Å². The van der Waals surface area contributed by atoms with E-state index < -0.39 is 6.04 Å². The fraction of sp³-hybridized carbons (Fsp3) is 0.300. The van der Waals surface area contributed by atoms with Crippen molar-refractivity contribution in [3.05, 3.63) is 105 Å². The van der Waals surface area contributed by atoms with Crippen molar-refractivity contribution in [3.63, 3.8) is 0 Å². The lowest BCUT2D eigenvalue weighted by molar-refractivity contribution is 0.0714. The number of carbonyl (C=O) groups excluding carboxylic acids is 1. The lowest BCUT2D eigenvalue weighted by Gasteiger charge is -2.25. The Balaban J connectivity index is 1.60. The Morgan fingerprint density at radius 1 is 1.06 bits per heavy atom. The molecule has 2 aromatic heterocycles. The van der Waals surface area contributed by atoms with Gasteiger partial charge in [0.15, 0.2) is 5.43 Å². The van der Waals surface area contributed by atoms with Crippen molar-refractivity contribution >= 4 is 16.9 Å². The highest BCUT2D eigenvalue weighted by Gasteiger charge is 2.42. The number of hydrogen-bond acceptors (Lipinski definition) is 5. The van der Waals surface area contributed by atoms with Gasteiger partial charge in [-0.3, -0.25) is 14.6 Å². The molecule has 36 heavy (non-hydrogen) atoms. The summed E-state index contributed by atoms with van der Waals surface area (Å²) in [6.07, 6.45) is 6.71. The molecule has 5 rings (SSSR count). The lowest BCUT2D eigenvalue weighted by Crippen LogP contribution is -2.29. The summed E-state index contributed by atoms with van der Waals surface area (Å²) in [6.45, 7) is 6.99. The van der Waals surface area contributed by atoms with E-state index in [4.69, 9.17) is 9.15 Å². The van der Waals surface area contributed by atoms with Gasteiger partial charge in [0.1, 0.15) is 11.3 Å². The molecule has 1 aliphatic heterocycles. The smallest absolute Gasteiger partial charge is 0.291 e. The highest BCUT2D eigenvalue weighted by atomic mass is 16.5. The maximum atomic E-state index is 13.8. The van der Waals surface area contributed by atoms with Gasteiger partial charge in [0.05, 0.1) is 23.6 Å². The van der Waals surface area contributed by atoms with Crippen LogP contribution >= 0.6 is 0 Å². The molecule has 0 fully saturated rings. The number of ether oxygens (including phenoxy) is 1. The SMILES string of the molecule is CCCCCOc1ccc(C2c3c(oc4c(C)cc(C)cc4c3=O)C(=O)N2Cc2cccnc2)cc1. The summed E-state index contributed by atoms with van der Waals surface area (Å²) in [5, 5.41) is 0.503. The van der Waals surface area contributed by atoms with Gasteiger partial charge in [-0.15, -0.1) is 0 Å². The third kappa shape index (κ3) is 4.39. The van der Waals surface area contributed by atoms with Crippen LogP contribution in [0.25, 0.3) is 11.0 Å². The predicted molar refractivity (Wildman–Crippen MR) is 139 cm³/mol. The number of benzene rings is 2. The Morgan fingerprint density at radius 3 is 2.58 bits per heavy atom. The van der Waals surface area contributed by atoms with Crippen LogP contribution in [-0.2, 0) is 6.54 Å². The van der Waals surface area contributed by atoms with Crippen LogP contribution in [0.3, 0.4) is 0 Å². The Hall–Kier alpha value is -3.93. The quantitative estimate of drug-likeness (QED) is 0.283. The summed E-state index contributed by atoms with van der Waals surface area (Å²) in [6, 6.07) is 14.7. The maximum absolute atomic E-state index is 13.8. The van der Waals surface area contributed by atoms with E-state index in [1.54, 1.807) is 17.3 Å². The standard InChI is InChI=1S/C30H30N2O4/c1-4-5-6-14-35-23-11-9-22(10-12-23)26-25-27(33)24-16-19(2)15-20(3)28(24)36-29(25)30(34)32(26)18-21-8-7-13-31-17-21/h7-13,15-17,26H,4-6,14,18H2,1-3H3. The number of amides is 1. The second-order valence-electron chi connectivity index (χ2n) is 9.45. The van der Waals surface area contributed by atoms with Crippen LogP contribution in [0.5, 0.6) is 5.75 Å². The molecule has 1 atom stereocenters. The molecular formula is C30H30N2O4. The van der Waals surface area contributed by atoms with E-state index in [1.165, 1.54) is 0 Å². The predicted octanol–water partition coefficient (Wildman–Crippen LogP) is 6.12. The summed E-state index contributed by atoms with van der Waals surface area (Å²) >= 11 is 0. The number of fused-ring (bicyclic) bond motifs is 2. The summed E-state index contributed by atoms with van der Waals surface area (Å²) in [7, 11) is 0. The minimum absolute atomic E-state index is 0.119. The molecule has 0 bridgehead atoms. The Bertz CT molecular complexity index is 1460. The molecule has 0 aliphatic carbocycles. The van der Waals surface area contributed by atoms with E-state index in [2.05, 4.69) is 11.9 Å². The monoisotopic (exact) mass is 482 g/mol. The summed E-state index contributed by atoms with van der Waals surface area (Å²) in [5.41, 5.74) is 4.22. The lowest BCUT2D eigenvalue weighted by atomic mass is 9.97. The molecule has 3 heterocycles. The van der Waals surface area contributed by atoms with Gasteiger partial charge >= 0.3 is 0 Å². The highest BCUT2D eigenvalue weighted by molar-refractivity contribution is 5.99. The van der Waals surface area contributed by atoms with Gasteiger partial charge in [0.2, 0.25) is 5.76 Å². The molecule has 0 saturated carbocycles. The van der Waals surface area contributed by atoms with Gasteiger partial charge in [-0.25, -0.2) is 0 Å². The van der Waals surface area contributed by atoms with Crippen molar-refractivity contribution in [1.82, 2.24) is 9.88 Å². The molecule has 0 N–H and O–H groups in total. The molecule has 1 amide bonds. The van der Waals surface area contributed by atoms with Crippen LogP contribution in [0.15, 0.2) is 70.1 Å². The van der Waals surface area contributed by atoms with E-state index in [9.17, 15) is 9.59 Å². The number of hydrogen-bond donors (Lipinski definition) is 0. The van der Waals surface area contributed by atoms with Crippen LogP contribution in [-0.4, -0.2) is 22.4 Å². The maximum Gasteiger partial charge on any atom is 0.291 e. The first-order valence-electron chi connectivity index (χ1n) is 12.5. The first kappa shape index (κ1) is 23.8. The molecule has 1 aliphatic rings. The largest absolute Gasteiger partial charge is 0.494 e. The second kappa shape index (κ2) is 9.97. The third-order valence-electron chi connectivity index (χ3n) is 6.69. The molecule has 0 saturated heterocycles. The number of aryl methyl sites for hydroxylation is 2. The first-order chi connectivity index (χ1) is 17.5. The molecular weight excluding hydrogens is 452 g/mol. The van der Waals surface area contributed by atoms with Crippen molar-refractivity contribution in [3.8, 4) is 5.75 Å². The van der Waals surface area contributed by atoms with Gasteiger partial charge in [0, 0.05) is 18.9 Å². The number of carbonyl (C=O) groups is 1. The fourth-order valence-corrected chi connectivity index (χ4v) is 4.96. The normalized spacial score (nSPS) is 14.9. The Kier molecular flexibility index (Phi) is 6.59. The van der Waals surface area contributed by atoms with Crippen LogP contribution in [0.2, 0.25) is 0 Å². The molecule has 2 aromatic carbocycles. The van der Waals surface area contributed by atoms with Gasteiger partial charge in [-0.2, -0.15) is 0 Å². The summed E-state index contributed by atoms with van der Waals surface area (Å²) in [4.78, 5) is 33.4. The van der Waals surface area contributed by atoms with Crippen molar-refractivity contribution in [2.24, 2.45) is 0 Å². The van der Waals surface area contributed by atoms with E-state index in [0.717, 1.165) is 47.3 Å². The molecule has 6 nitrogen and oxygen atoms in total. The number of rotatable bonds is 8. The van der Waals surface area contributed by atoms with Gasteiger partial charge in [-0.05, 0) is 66.8 Å². The van der Waals surface area contributed by atoms with Crippen LogP contribution in [0, 0.1) is 13.8 Å². The van der Waals surface area contributed by atoms with Crippen molar-refractivity contribution in [2.75, 3.05) is 6.61 Å². The average Bonchev–Trinajstić information content (AvgIpc) is 3.15. The second-order valence-corrected chi connectivity index (χ2v) is 9.45. The van der Waals surface area contributed by atoms with Gasteiger partial charge < -0.3 is 14.1 Å². The zero-order valence-corrected chi connectivity index (χ0v) is 20.9. The summed E-state index contributed by atoms with van der Waals surface area (Å²) < 4.78 is 12.0. The molecule has 184 valence electrons. The van der Waals surface area contributed by atoms with Crippen molar-refractivity contribution in [2.45, 2.75) is 52.6 Å². The number of pyridine rings is 1. The Morgan fingerprint density at radius 2 is 1.86 bits per heavy atom. The zero-order valence-electron chi connectivity index (χ0n) is 20.9. The van der Waals surface area contributed by atoms with Gasteiger partial charge in [-0.1, -0.05) is 44.0 Å². The van der Waals surface area contributed by atoms with E-state index in [0.29, 0.717) is 29.7 Å². The molecule has 1 unspecified atom stereocenters. The summed E-state index contributed by atoms with van der Waals surface area (Å²) in [5.74, 6) is 0.598. The fourth-order valence-electron chi connectivity index (χ4n) is 4.96. The molecule has 6 heteroatoms. The number of aromatic nitrogens is 1. The van der Waals surface area contributed by atoms with Crippen LogP contribution < -0.4 is 10.2 Å². The minimum atomic E-state index is -0.566. The average molecular weight is 483 g/mol. The van der Waals surface area contributed by atoms with Crippen molar-refractivity contribution < 1.29 is 13.9 Å². The van der Waals surface area contributed by atoms with Crippen molar-refractivity contribution in [1.29, 1.82) is 0 Å². The topological polar surface area (TPSA) is 72.6 Å². The number of nitrogens with zero attached hydrogens (tertiary/aromatic N) is 2. The minimum Gasteiger partial charge on any atom is -0.494 e. The molecule has 0 radical (unpaired) electrons. The van der Waals surface area contributed by atoms with Crippen LogP contribution in [0.4, 0.5) is 0 Å².